The molecule has 1 heterocycles. The molecule has 1 saturated carbocycles. The van der Waals surface area contributed by atoms with Gasteiger partial charge in [0.1, 0.15) is 0 Å². The first-order valence-electron chi connectivity index (χ1n) is 4.62. The van der Waals surface area contributed by atoms with E-state index in [1.54, 1.807) is 0 Å². The third-order valence-corrected chi connectivity index (χ3v) is 2.77. The number of halogens is 3. The van der Waals surface area contributed by atoms with Gasteiger partial charge in [0.25, 0.3) is 0 Å². The standard InChI is InChI=1S/C8H10ClF2N3O/c9-8(10,11)6-13-5(14-15-6)7(12)3-1-2-4-7/h1-4,12H2. The minimum absolute atomic E-state index is 0.121. The highest BCUT2D eigenvalue weighted by Gasteiger charge is 2.41. The average molecular weight is 238 g/mol. The zero-order chi connectivity index (χ0) is 11.1. The van der Waals surface area contributed by atoms with Gasteiger partial charge in [-0.05, 0) is 24.4 Å². The second kappa shape index (κ2) is 3.38. The lowest BCUT2D eigenvalue weighted by Crippen LogP contribution is -2.34. The lowest BCUT2D eigenvalue weighted by molar-refractivity contribution is 0.0550. The minimum atomic E-state index is -3.62. The molecule has 0 aromatic carbocycles. The third-order valence-electron chi connectivity index (χ3n) is 2.61. The van der Waals surface area contributed by atoms with E-state index in [2.05, 4.69) is 14.7 Å². The molecule has 2 rings (SSSR count). The molecule has 84 valence electrons. The maximum atomic E-state index is 12.6. The Balaban J connectivity index is 2.27. The van der Waals surface area contributed by atoms with Gasteiger partial charge in [-0.2, -0.15) is 13.8 Å². The molecule has 0 saturated heterocycles. The van der Waals surface area contributed by atoms with Crippen LogP contribution in [0.4, 0.5) is 8.78 Å². The summed E-state index contributed by atoms with van der Waals surface area (Å²) in [6.07, 6.45) is 3.24. The first-order chi connectivity index (χ1) is 6.92. The van der Waals surface area contributed by atoms with Gasteiger partial charge in [-0.3, -0.25) is 0 Å². The summed E-state index contributed by atoms with van der Waals surface area (Å²) in [5.41, 5.74) is 5.23. The molecule has 15 heavy (non-hydrogen) atoms. The van der Waals surface area contributed by atoms with Gasteiger partial charge in [0, 0.05) is 0 Å². The minimum Gasteiger partial charge on any atom is -0.331 e. The fraction of sp³-hybridized carbons (Fsp3) is 0.750. The van der Waals surface area contributed by atoms with Crippen LogP contribution in [0.25, 0.3) is 0 Å². The van der Waals surface area contributed by atoms with Crippen LogP contribution < -0.4 is 5.73 Å². The molecular weight excluding hydrogens is 228 g/mol. The summed E-state index contributed by atoms with van der Waals surface area (Å²) in [5, 5.41) is -0.164. The van der Waals surface area contributed by atoms with Crippen LogP contribution in [0.3, 0.4) is 0 Å². The highest BCUT2D eigenvalue weighted by atomic mass is 35.5. The molecule has 1 fully saturated rings. The van der Waals surface area contributed by atoms with Crippen LogP contribution >= 0.6 is 11.6 Å². The quantitative estimate of drug-likeness (QED) is 0.800. The van der Waals surface area contributed by atoms with E-state index in [9.17, 15) is 8.78 Å². The van der Waals surface area contributed by atoms with Crippen molar-refractivity contribution in [3.8, 4) is 0 Å². The highest BCUT2D eigenvalue weighted by Crippen LogP contribution is 2.37. The predicted octanol–water partition coefficient (Wildman–Crippen LogP) is 2.09. The normalized spacial score (nSPS) is 20.8. The van der Waals surface area contributed by atoms with E-state index in [-0.39, 0.29) is 5.82 Å². The lowest BCUT2D eigenvalue weighted by atomic mass is 9.99. The van der Waals surface area contributed by atoms with Crippen LogP contribution in [-0.4, -0.2) is 10.1 Å². The van der Waals surface area contributed by atoms with Gasteiger partial charge in [0.05, 0.1) is 5.54 Å². The topological polar surface area (TPSA) is 64.9 Å². The van der Waals surface area contributed by atoms with Gasteiger partial charge in [-0.25, -0.2) is 0 Å². The molecule has 0 aliphatic heterocycles. The number of hydrogen-bond acceptors (Lipinski definition) is 4. The van der Waals surface area contributed by atoms with Crippen molar-refractivity contribution in [3.63, 3.8) is 0 Å². The molecule has 0 amide bonds. The maximum absolute atomic E-state index is 12.6. The summed E-state index contributed by atoms with van der Waals surface area (Å²) >= 11 is 4.75. The van der Waals surface area contributed by atoms with E-state index < -0.39 is 16.8 Å². The van der Waals surface area contributed by atoms with Crippen molar-refractivity contribution in [2.24, 2.45) is 5.73 Å². The Morgan fingerprint density at radius 1 is 1.40 bits per heavy atom. The Morgan fingerprint density at radius 3 is 2.47 bits per heavy atom. The molecular formula is C8H10ClF2N3O. The number of alkyl halides is 3. The van der Waals surface area contributed by atoms with E-state index in [0.29, 0.717) is 12.8 Å². The average Bonchev–Trinajstić information content (AvgIpc) is 2.69. The Bertz CT molecular complexity index is 357. The molecule has 1 aromatic heterocycles. The van der Waals surface area contributed by atoms with Crippen LogP contribution in [0.2, 0.25) is 0 Å². The second-order valence-electron chi connectivity index (χ2n) is 3.78. The smallest absolute Gasteiger partial charge is 0.331 e. The van der Waals surface area contributed by atoms with E-state index in [1.807, 2.05) is 0 Å². The zero-order valence-corrected chi connectivity index (χ0v) is 8.60. The third kappa shape index (κ3) is 1.96. The molecule has 0 bridgehead atoms. The van der Waals surface area contributed by atoms with Crippen LogP contribution in [0.15, 0.2) is 4.52 Å². The zero-order valence-electron chi connectivity index (χ0n) is 7.84. The highest BCUT2D eigenvalue weighted by molar-refractivity contribution is 6.21. The molecule has 1 aliphatic rings. The molecule has 2 N–H and O–H groups in total. The first-order valence-corrected chi connectivity index (χ1v) is 5.00. The van der Waals surface area contributed by atoms with Crippen molar-refractivity contribution in [1.82, 2.24) is 10.1 Å². The second-order valence-corrected chi connectivity index (χ2v) is 4.26. The van der Waals surface area contributed by atoms with E-state index in [1.165, 1.54) is 0 Å². The fourth-order valence-electron chi connectivity index (χ4n) is 1.77. The summed E-state index contributed by atoms with van der Waals surface area (Å²) in [7, 11) is 0. The van der Waals surface area contributed by atoms with Gasteiger partial charge in [0.2, 0.25) is 0 Å². The Labute approximate surface area is 89.8 Å². The Kier molecular flexibility index (Phi) is 2.42. The molecule has 0 radical (unpaired) electrons. The Hall–Kier alpha value is -0.750. The van der Waals surface area contributed by atoms with Crippen LogP contribution in [0.5, 0.6) is 0 Å². The molecule has 0 unspecified atom stereocenters. The molecule has 1 aromatic rings. The van der Waals surface area contributed by atoms with Crippen molar-refractivity contribution in [3.05, 3.63) is 11.7 Å². The number of aromatic nitrogens is 2. The SMILES string of the molecule is NC1(c2noc(C(F)(F)Cl)n2)CCCC1. The van der Waals surface area contributed by atoms with Crippen molar-refractivity contribution < 1.29 is 13.3 Å². The predicted molar refractivity (Wildman–Crippen MR) is 48.4 cm³/mol. The molecule has 4 nitrogen and oxygen atoms in total. The summed E-state index contributed by atoms with van der Waals surface area (Å²) in [5.74, 6) is -0.772. The van der Waals surface area contributed by atoms with Crippen molar-refractivity contribution in [2.45, 2.75) is 36.6 Å². The van der Waals surface area contributed by atoms with Gasteiger partial charge < -0.3 is 10.3 Å². The van der Waals surface area contributed by atoms with Crippen LogP contribution in [0, 0.1) is 0 Å². The molecule has 0 spiro atoms. The molecule has 0 atom stereocenters. The van der Waals surface area contributed by atoms with E-state index in [4.69, 9.17) is 17.3 Å². The number of nitrogens with zero attached hydrogens (tertiary/aromatic N) is 2. The monoisotopic (exact) mass is 237 g/mol. The largest absolute Gasteiger partial charge is 0.400 e. The fourth-order valence-corrected chi connectivity index (χ4v) is 1.85. The first kappa shape index (κ1) is 10.8. The summed E-state index contributed by atoms with van der Waals surface area (Å²) in [6, 6.07) is 0. The van der Waals surface area contributed by atoms with E-state index >= 15 is 0 Å². The van der Waals surface area contributed by atoms with Crippen LogP contribution in [0.1, 0.15) is 37.4 Å². The number of nitrogens with two attached hydrogens (primary N) is 1. The summed E-state index contributed by atoms with van der Waals surface area (Å²) in [4.78, 5) is 3.55. The number of rotatable bonds is 2. The summed E-state index contributed by atoms with van der Waals surface area (Å²) < 4.78 is 29.6. The van der Waals surface area contributed by atoms with Gasteiger partial charge >= 0.3 is 11.3 Å². The Morgan fingerprint density at radius 2 is 2.00 bits per heavy atom. The summed E-state index contributed by atoms with van der Waals surface area (Å²) in [6.45, 7) is 0. The molecule has 7 heteroatoms. The van der Waals surface area contributed by atoms with Gasteiger partial charge in [-0.15, -0.1) is 0 Å². The number of hydrogen-bond donors (Lipinski definition) is 1. The van der Waals surface area contributed by atoms with Gasteiger partial charge in [-0.1, -0.05) is 18.0 Å². The van der Waals surface area contributed by atoms with Gasteiger partial charge in [0.15, 0.2) is 5.82 Å². The maximum Gasteiger partial charge on any atom is 0.400 e. The van der Waals surface area contributed by atoms with Crippen molar-refractivity contribution in [1.29, 1.82) is 0 Å². The van der Waals surface area contributed by atoms with Crippen LogP contribution in [-0.2, 0) is 10.9 Å². The lowest BCUT2D eigenvalue weighted by Gasteiger charge is -2.17. The van der Waals surface area contributed by atoms with Crippen molar-refractivity contribution >= 4 is 11.6 Å². The van der Waals surface area contributed by atoms with Crippen molar-refractivity contribution in [2.75, 3.05) is 0 Å². The molecule has 1 aliphatic carbocycles. The van der Waals surface area contributed by atoms with E-state index in [0.717, 1.165) is 12.8 Å².